The molecule has 2 nitrogen and oxygen atoms in total. The van der Waals surface area contributed by atoms with Crippen LogP contribution >= 0.6 is 0 Å². The number of aryl methyl sites for hydroxylation is 3. The zero-order chi connectivity index (χ0) is 13.8. The van der Waals surface area contributed by atoms with Crippen molar-refractivity contribution in [1.82, 2.24) is 0 Å². The van der Waals surface area contributed by atoms with Crippen molar-refractivity contribution in [2.45, 2.75) is 27.4 Å². The number of para-hydroxylation sites is 1. The average molecular weight is 256 g/mol. The molecule has 0 saturated heterocycles. The van der Waals surface area contributed by atoms with E-state index in [0.29, 0.717) is 6.61 Å². The molecule has 0 bridgehead atoms. The molecule has 0 spiro atoms. The SMILES string of the molecule is COc1ccc(C)cc1COc1c(C)cccc1C. The van der Waals surface area contributed by atoms with Crippen molar-refractivity contribution in [2.24, 2.45) is 0 Å². The first-order valence-electron chi connectivity index (χ1n) is 6.44. The molecule has 0 aliphatic rings. The summed E-state index contributed by atoms with van der Waals surface area (Å²) in [6.45, 7) is 6.73. The minimum atomic E-state index is 0.524. The molecule has 100 valence electrons. The lowest BCUT2D eigenvalue weighted by Gasteiger charge is -2.14. The van der Waals surface area contributed by atoms with Gasteiger partial charge in [-0.2, -0.15) is 0 Å². The lowest BCUT2D eigenvalue weighted by atomic mass is 10.1. The van der Waals surface area contributed by atoms with Crippen LogP contribution in [0.25, 0.3) is 0 Å². The van der Waals surface area contributed by atoms with Crippen molar-refractivity contribution < 1.29 is 9.47 Å². The molecule has 0 fully saturated rings. The van der Waals surface area contributed by atoms with Crippen LogP contribution in [0.4, 0.5) is 0 Å². The standard InChI is InChI=1S/C17H20O2/c1-12-8-9-16(18-4)15(10-12)11-19-17-13(2)6-5-7-14(17)3/h5-10H,11H2,1-4H3. The Bertz CT molecular complexity index is 553. The van der Waals surface area contributed by atoms with Crippen molar-refractivity contribution in [3.05, 3.63) is 58.7 Å². The van der Waals surface area contributed by atoms with Crippen LogP contribution in [-0.2, 0) is 6.61 Å². The normalized spacial score (nSPS) is 10.3. The molecule has 0 radical (unpaired) electrons. The third-order valence-electron chi connectivity index (χ3n) is 3.22. The summed E-state index contributed by atoms with van der Waals surface area (Å²) >= 11 is 0. The van der Waals surface area contributed by atoms with Crippen LogP contribution in [0.3, 0.4) is 0 Å². The highest BCUT2D eigenvalue weighted by molar-refractivity contribution is 5.41. The van der Waals surface area contributed by atoms with Gasteiger partial charge in [0.15, 0.2) is 0 Å². The van der Waals surface area contributed by atoms with Gasteiger partial charge in [-0.1, -0.05) is 29.8 Å². The zero-order valence-corrected chi connectivity index (χ0v) is 12.0. The molecule has 0 aliphatic heterocycles. The predicted octanol–water partition coefficient (Wildman–Crippen LogP) is 4.20. The smallest absolute Gasteiger partial charge is 0.125 e. The van der Waals surface area contributed by atoms with Gasteiger partial charge in [-0.15, -0.1) is 0 Å². The zero-order valence-electron chi connectivity index (χ0n) is 12.0. The van der Waals surface area contributed by atoms with E-state index in [2.05, 4.69) is 39.0 Å². The summed E-state index contributed by atoms with van der Waals surface area (Å²) in [6, 6.07) is 12.3. The van der Waals surface area contributed by atoms with Gasteiger partial charge in [0.1, 0.15) is 18.1 Å². The van der Waals surface area contributed by atoms with Gasteiger partial charge in [0.25, 0.3) is 0 Å². The van der Waals surface area contributed by atoms with Crippen molar-refractivity contribution >= 4 is 0 Å². The van der Waals surface area contributed by atoms with Gasteiger partial charge in [-0.3, -0.25) is 0 Å². The quantitative estimate of drug-likeness (QED) is 0.816. The van der Waals surface area contributed by atoms with Crippen LogP contribution in [0, 0.1) is 20.8 Å². The van der Waals surface area contributed by atoms with Crippen molar-refractivity contribution in [1.29, 1.82) is 0 Å². The molecule has 0 N–H and O–H groups in total. The van der Waals surface area contributed by atoms with E-state index in [1.54, 1.807) is 7.11 Å². The lowest BCUT2D eigenvalue weighted by Crippen LogP contribution is -2.01. The number of ether oxygens (including phenoxy) is 2. The number of methoxy groups -OCH3 is 1. The lowest BCUT2D eigenvalue weighted by molar-refractivity contribution is 0.293. The van der Waals surface area contributed by atoms with E-state index < -0.39 is 0 Å². The fourth-order valence-corrected chi connectivity index (χ4v) is 2.20. The van der Waals surface area contributed by atoms with Crippen LogP contribution < -0.4 is 9.47 Å². The van der Waals surface area contributed by atoms with Crippen LogP contribution in [0.1, 0.15) is 22.3 Å². The summed E-state index contributed by atoms with van der Waals surface area (Å²) in [5.74, 6) is 1.84. The molecule has 0 amide bonds. The number of rotatable bonds is 4. The number of hydrogen-bond acceptors (Lipinski definition) is 2. The Kier molecular flexibility index (Phi) is 4.10. The molecular weight excluding hydrogens is 236 g/mol. The fraction of sp³-hybridized carbons (Fsp3) is 0.294. The second-order valence-corrected chi connectivity index (χ2v) is 4.82. The van der Waals surface area contributed by atoms with Gasteiger partial charge in [0, 0.05) is 5.56 Å². The maximum Gasteiger partial charge on any atom is 0.125 e. The maximum atomic E-state index is 5.97. The highest BCUT2D eigenvalue weighted by Crippen LogP contribution is 2.26. The highest BCUT2D eigenvalue weighted by atomic mass is 16.5. The predicted molar refractivity (Wildman–Crippen MR) is 78.0 cm³/mol. The van der Waals surface area contributed by atoms with Gasteiger partial charge in [-0.25, -0.2) is 0 Å². The van der Waals surface area contributed by atoms with Crippen LogP contribution in [0.15, 0.2) is 36.4 Å². The second-order valence-electron chi connectivity index (χ2n) is 4.82. The van der Waals surface area contributed by atoms with Crippen LogP contribution in [0.2, 0.25) is 0 Å². The van der Waals surface area contributed by atoms with E-state index in [4.69, 9.17) is 9.47 Å². The molecule has 2 aromatic carbocycles. The number of benzene rings is 2. The first-order valence-corrected chi connectivity index (χ1v) is 6.44. The van der Waals surface area contributed by atoms with Crippen LogP contribution in [0.5, 0.6) is 11.5 Å². The van der Waals surface area contributed by atoms with Crippen molar-refractivity contribution in [3.8, 4) is 11.5 Å². The third kappa shape index (κ3) is 3.08. The first-order chi connectivity index (χ1) is 9.11. The van der Waals surface area contributed by atoms with E-state index >= 15 is 0 Å². The maximum absolute atomic E-state index is 5.97. The Balaban J connectivity index is 2.21. The molecule has 0 saturated carbocycles. The van der Waals surface area contributed by atoms with E-state index in [1.165, 1.54) is 5.56 Å². The topological polar surface area (TPSA) is 18.5 Å². The molecule has 2 heteroatoms. The Labute approximate surface area is 115 Å². The molecule has 0 aromatic heterocycles. The first kappa shape index (κ1) is 13.5. The van der Waals surface area contributed by atoms with Crippen molar-refractivity contribution in [3.63, 3.8) is 0 Å². The van der Waals surface area contributed by atoms with Gasteiger partial charge in [0.05, 0.1) is 7.11 Å². The Morgan fingerprint density at radius 2 is 1.63 bits per heavy atom. The summed E-state index contributed by atoms with van der Waals surface area (Å²) in [4.78, 5) is 0. The van der Waals surface area contributed by atoms with Crippen molar-refractivity contribution in [2.75, 3.05) is 7.11 Å². The minimum Gasteiger partial charge on any atom is -0.496 e. The molecule has 19 heavy (non-hydrogen) atoms. The Morgan fingerprint density at radius 3 is 2.26 bits per heavy atom. The molecule has 0 atom stereocenters. The van der Waals surface area contributed by atoms with Gasteiger partial charge in [0.2, 0.25) is 0 Å². The summed E-state index contributed by atoms with van der Waals surface area (Å²) in [5.41, 5.74) is 4.60. The molecule has 0 heterocycles. The van der Waals surface area contributed by atoms with E-state index in [1.807, 2.05) is 18.2 Å². The van der Waals surface area contributed by atoms with Gasteiger partial charge in [-0.05, 0) is 44.0 Å². The van der Waals surface area contributed by atoms with E-state index in [-0.39, 0.29) is 0 Å². The summed E-state index contributed by atoms with van der Waals surface area (Å²) in [5, 5.41) is 0. The third-order valence-corrected chi connectivity index (χ3v) is 3.22. The summed E-state index contributed by atoms with van der Waals surface area (Å²) < 4.78 is 11.3. The molecule has 2 rings (SSSR count). The molecule has 2 aromatic rings. The van der Waals surface area contributed by atoms with Gasteiger partial charge >= 0.3 is 0 Å². The van der Waals surface area contributed by atoms with E-state index in [0.717, 1.165) is 28.2 Å². The molecule has 0 unspecified atom stereocenters. The summed E-state index contributed by atoms with van der Waals surface area (Å²) in [6.07, 6.45) is 0. The van der Waals surface area contributed by atoms with Crippen LogP contribution in [-0.4, -0.2) is 7.11 Å². The largest absolute Gasteiger partial charge is 0.496 e. The monoisotopic (exact) mass is 256 g/mol. The average Bonchev–Trinajstić information content (AvgIpc) is 2.38. The second kappa shape index (κ2) is 5.79. The van der Waals surface area contributed by atoms with E-state index in [9.17, 15) is 0 Å². The number of hydrogen-bond donors (Lipinski definition) is 0. The Morgan fingerprint density at radius 1 is 0.947 bits per heavy atom. The Hall–Kier alpha value is -1.96. The van der Waals surface area contributed by atoms with Gasteiger partial charge < -0.3 is 9.47 Å². The minimum absolute atomic E-state index is 0.524. The highest BCUT2D eigenvalue weighted by Gasteiger charge is 2.07. The molecular formula is C17H20O2. The summed E-state index contributed by atoms with van der Waals surface area (Å²) in [7, 11) is 1.69. The molecule has 0 aliphatic carbocycles. The fourth-order valence-electron chi connectivity index (χ4n) is 2.20.